The van der Waals surface area contributed by atoms with Gasteiger partial charge in [-0.05, 0) is 6.07 Å². The minimum Gasteiger partial charge on any atom is -0.493 e. The van der Waals surface area contributed by atoms with Gasteiger partial charge < -0.3 is 20.9 Å². The second kappa shape index (κ2) is 4.15. The van der Waals surface area contributed by atoms with Gasteiger partial charge in [0.05, 0.1) is 14.2 Å². The Labute approximate surface area is 87.8 Å². The Morgan fingerprint density at radius 3 is 2.14 bits per heavy atom. The van der Waals surface area contributed by atoms with Gasteiger partial charge in [0.15, 0.2) is 11.5 Å². The van der Waals surface area contributed by atoms with Crippen LogP contribution in [0.1, 0.15) is 5.56 Å². The Kier molecular flexibility index (Phi) is 3.14. The van der Waals surface area contributed by atoms with Gasteiger partial charge in [-0.25, -0.2) is 0 Å². The van der Waals surface area contributed by atoms with E-state index < -0.39 is 0 Å². The summed E-state index contributed by atoms with van der Waals surface area (Å²) < 4.78 is 10.1. The Morgan fingerprint density at radius 1 is 1.21 bits per heavy atom. The molecule has 0 spiro atoms. The number of hydrogen-bond acceptors (Lipinski definition) is 4. The first kappa shape index (κ1) is 10.6. The summed E-state index contributed by atoms with van der Waals surface area (Å²) in [6.45, 7) is 0. The minimum absolute atomic E-state index is 0.239. The number of rotatable bonds is 3. The lowest BCUT2D eigenvalue weighted by Gasteiger charge is -2.11. The van der Waals surface area contributed by atoms with Crippen LogP contribution in [0.15, 0.2) is 12.1 Å². The molecule has 76 valence electrons. The smallest absolute Gasteiger partial charge is 0.162 e. The number of nitrogens with two attached hydrogens (primary N) is 2. The first-order valence-electron chi connectivity index (χ1n) is 3.91. The minimum atomic E-state index is 0.239. The van der Waals surface area contributed by atoms with E-state index >= 15 is 0 Å². The molecule has 0 aliphatic carbocycles. The van der Waals surface area contributed by atoms with Crippen molar-refractivity contribution in [2.75, 3.05) is 20.0 Å². The molecular weight excluding hydrogens is 200 g/mol. The second-order valence-electron chi connectivity index (χ2n) is 2.66. The van der Waals surface area contributed by atoms with Crippen molar-refractivity contribution >= 4 is 22.9 Å². The highest BCUT2D eigenvalue weighted by Crippen LogP contribution is 2.31. The van der Waals surface area contributed by atoms with Crippen LogP contribution < -0.4 is 20.9 Å². The zero-order valence-corrected chi connectivity index (χ0v) is 8.85. The highest BCUT2D eigenvalue weighted by atomic mass is 32.1. The molecule has 1 aromatic carbocycles. The van der Waals surface area contributed by atoms with E-state index in [-0.39, 0.29) is 4.99 Å². The first-order valence-corrected chi connectivity index (χ1v) is 4.32. The summed E-state index contributed by atoms with van der Waals surface area (Å²) in [6.07, 6.45) is 0. The molecule has 0 aliphatic rings. The average molecular weight is 212 g/mol. The van der Waals surface area contributed by atoms with Gasteiger partial charge in [-0.3, -0.25) is 0 Å². The fourth-order valence-electron chi connectivity index (χ4n) is 1.11. The molecule has 0 saturated heterocycles. The lowest BCUT2D eigenvalue weighted by Crippen LogP contribution is -2.12. The van der Waals surface area contributed by atoms with Crippen molar-refractivity contribution in [1.82, 2.24) is 0 Å². The van der Waals surface area contributed by atoms with Crippen LogP contribution in [0.4, 0.5) is 5.69 Å². The summed E-state index contributed by atoms with van der Waals surface area (Å²) in [4.78, 5) is 0.239. The molecule has 0 aromatic heterocycles. The number of anilines is 1. The topological polar surface area (TPSA) is 70.5 Å². The normalized spacial score (nSPS) is 9.57. The molecule has 0 heterocycles. The van der Waals surface area contributed by atoms with Crippen molar-refractivity contribution in [2.24, 2.45) is 5.73 Å². The van der Waals surface area contributed by atoms with Crippen molar-refractivity contribution < 1.29 is 9.47 Å². The first-order chi connectivity index (χ1) is 6.60. The number of ether oxygens (including phenoxy) is 2. The van der Waals surface area contributed by atoms with Crippen LogP contribution in [0, 0.1) is 0 Å². The number of benzene rings is 1. The largest absolute Gasteiger partial charge is 0.493 e. The Hall–Kier alpha value is -1.49. The molecule has 0 bridgehead atoms. The standard InChI is InChI=1S/C9H12N2O2S/c1-12-7-3-5(9(11)14)6(10)4-8(7)13-2/h3-4H,10H2,1-2H3,(H2,11,14). The Morgan fingerprint density at radius 2 is 1.71 bits per heavy atom. The average Bonchev–Trinajstić information content (AvgIpc) is 2.16. The molecule has 0 aliphatic heterocycles. The van der Waals surface area contributed by atoms with Gasteiger partial charge >= 0.3 is 0 Å². The highest BCUT2D eigenvalue weighted by Gasteiger charge is 2.10. The van der Waals surface area contributed by atoms with Gasteiger partial charge in [-0.2, -0.15) is 0 Å². The second-order valence-corrected chi connectivity index (χ2v) is 3.10. The third-order valence-corrected chi connectivity index (χ3v) is 2.04. The predicted molar refractivity (Wildman–Crippen MR) is 59.8 cm³/mol. The molecule has 1 rings (SSSR count). The highest BCUT2D eigenvalue weighted by molar-refractivity contribution is 7.80. The summed E-state index contributed by atoms with van der Waals surface area (Å²) >= 11 is 4.84. The molecule has 0 fully saturated rings. The summed E-state index contributed by atoms with van der Waals surface area (Å²) in [5.74, 6) is 1.12. The van der Waals surface area contributed by atoms with E-state index in [1.54, 1.807) is 12.1 Å². The molecule has 0 saturated carbocycles. The summed E-state index contributed by atoms with van der Waals surface area (Å²) in [5.41, 5.74) is 12.3. The van der Waals surface area contributed by atoms with Gasteiger partial charge in [-0.15, -0.1) is 0 Å². The van der Waals surface area contributed by atoms with E-state index in [1.165, 1.54) is 14.2 Å². The summed E-state index contributed by atoms with van der Waals surface area (Å²) in [6, 6.07) is 3.30. The van der Waals surface area contributed by atoms with Crippen molar-refractivity contribution in [3.63, 3.8) is 0 Å². The maximum Gasteiger partial charge on any atom is 0.162 e. The predicted octanol–water partition coefficient (Wildman–Crippen LogP) is 0.920. The van der Waals surface area contributed by atoms with Crippen LogP contribution in [0.3, 0.4) is 0 Å². The van der Waals surface area contributed by atoms with E-state index in [2.05, 4.69) is 0 Å². The molecule has 4 nitrogen and oxygen atoms in total. The maximum absolute atomic E-state index is 5.72. The molecule has 5 heteroatoms. The van der Waals surface area contributed by atoms with E-state index in [9.17, 15) is 0 Å². The SMILES string of the molecule is COc1cc(N)c(C(N)=S)cc1OC. The van der Waals surface area contributed by atoms with Crippen molar-refractivity contribution in [2.45, 2.75) is 0 Å². The molecule has 0 atom stereocenters. The zero-order valence-electron chi connectivity index (χ0n) is 8.03. The quantitative estimate of drug-likeness (QED) is 0.576. The van der Waals surface area contributed by atoms with E-state index in [0.29, 0.717) is 22.7 Å². The Balaban J connectivity index is 3.30. The van der Waals surface area contributed by atoms with Crippen LogP contribution in [0.25, 0.3) is 0 Å². The fraction of sp³-hybridized carbons (Fsp3) is 0.222. The van der Waals surface area contributed by atoms with E-state index in [0.717, 1.165) is 0 Å². The number of hydrogen-bond donors (Lipinski definition) is 2. The van der Waals surface area contributed by atoms with Crippen LogP contribution in [-0.2, 0) is 0 Å². The van der Waals surface area contributed by atoms with E-state index in [4.69, 9.17) is 33.2 Å². The molecular formula is C9H12N2O2S. The lowest BCUT2D eigenvalue weighted by atomic mass is 10.1. The molecule has 4 N–H and O–H groups in total. The van der Waals surface area contributed by atoms with Crippen LogP contribution in [-0.4, -0.2) is 19.2 Å². The summed E-state index contributed by atoms with van der Waals surface area (Å²) in [7, 11) is 3.08. The summed E-state index contributed by atoms with van der Waals surface area (Å²) in [5, 5.41) is 0. The van der Waals surface area contributed by atoms with Gasteiger partial charge in [-0.1, -0.05) is 12.2 Å². The molecule has 0 unspecified atom stereocenters. The third-order valence-electron chi connectivity index (χ3n) is 1.82. The molecule has 14 heavy (non-hydrogen) atoms. The zero-order chi connectivity index (χ0) is 10.7. The van der Waals surface area contributed by atoms with Gasteiger partial charge in [0, 0.05) is 17.3 Å². The number of nitrogen functional groups attached to an aromatic ring is 1. The van der Waals surface area contributed by atoms with Gasteiger partial charge in [0.2, 0.25) is 0 Å². The van der Waals surface area contributed by atoms with Crippen molar-refractivity contribution in [3.05, 3.63) is 17.7 Å². The fourth-order valence-corrected chi connectivity index (χ4v) is 1.28. The molecule has 1 aromatic rings. The number of thiocarbonyl (C=S) groups is 1. The van der Waals surface area contributed by atoms with Crippen LogP contribution >= 0.6 is 12.2 Å². The van der Waals surface area contributed by atoms with Gasteiger partial charge in [0.25, 0.3) is 0 Å². The van der Waals surface area contributed by atoms with E-state index in [1.807, 2.05) is 0 Å². The monoisotopic (exact) mass is 212 g/mol. The van der Waals surface area contributed by atoms with Crippen LogP contribution in [0.2, 0.25) is 0 Å². The maximum atomic E-state index is 5.72. The van der Waals surface area contributed by atoms with Crippen LogP contribution in [0.5, 0.6) is 11.5 Å². The van der Waals surface area contributed by atoms with Crippen molar-refractivity contribution in [1.29, 1.82) is 0 Å². The molecule has 0 radical (unpaired) electrons. The molecule has 0 amide bonds. The lowest BCUT2D eigenvalue weighted by molar-refractivity contribution is 0.355. The Bertz CT molecular complexity index is 366. The van der Waals surface area contributed by atoms with Gasteiger partial charge in [0.1, 0.15) is 4.99 Å². The number of methoxy groups -OCH3 is 2. The van der Waals surface area contributed by atoms with Crippen molar-refractivity contribution in [3.8, 4) is 11.5 Å². The third kappa shape index (κ3) is 1.88.